The summed E-state index contributed by atoms with van der Waals surface area (Å²) in [4.78, 5) is 0. The van der Waals surface area contributed by atoms with Gasteiger partial charge in [0.2, 0.25) is 0 Å². The molecule has 2 rings (SSSR count). The van der Waals surface area contributed by atoms with Gasteiger partial charge in [0, 0.05) is 12.6 Å². The van der Waals surface area contributed by atoms with Crippen LogP contribution < -0.4 is 5.32 Å². The lowest BCUT2D eigenvalue weighted by Crippen LogP contribution is -2.17. The zero-order valence-electron chi connectivity index (χ0n) is 9.89. The largest absolute Gasteiger partial charge is 0.392 e. The van der Waals surface area contributed by atoms with E-state index in [9.17, 15) is 0 Å². The minimum absolute atomic E-state index is 0.110. The van der Waals surface area contributed by atoms with Gasteiger partial charge in [0.25, 0.3) is 0 Å². The number of thiophene rings is 1. The van der Waals surface area contributed by atoms with Gasteiger partial charge in [-0.25, -0.2) is 0 Å². The van der Waals surface area contributed by atoms with Crippen LogP contribution in [-0.2, 0) is 13.2 Å². The third-order valence-corrected chi connectivity index (χ3v) is 3.56. The molecule has 0 spiro atoms. The van der Waals surface area contributed by atoms with Crippen molar-refractivity contribution in [3.63, 3.8) is 0 Å². The SMILES string of the molecule is CC(NCc1ccc(CO)cc1)c1ccsc1. The van der Waals surface area contributed by atoms with Crippen LogP contribution in [0.3, 0.4) is 0 Å². The molecule has 0 radical (unpaired) electrons. The Morgan fingerprint density at radius 3 is 2.47 bits per heavy atom. The molecule has 1 heterocycles. The Bertz CT molecular complexity index is 436. The van der Waals surface area contributed by atoms with Gasteiger partial charge in [-0.1, -0.05) is 24.3 Å². The lowest BCUT2D eigenvalue weighted by atomic mass is 10.1. The molecule has 0 saturated heterocycles. The summed E-state index contributed by atoms with van der Waals surface area (Å²) in [5.41, 5.74) is 3.53. The fraction of sp³-hybridized carbons (Fsp3) is 0.286. The summed E-state index contributed by atoms with van der Waals surface area (Å²) in [6, 6.07) is 10.6. The molecule has 0 aliphatic heterocycles. The van der Waals surface area contributed by atoms with E-state index in [-0.39, 0.29) is 6.61 Å². The molecular formula is C14H17NOS. The number of hydrogen-bond acceptors (Lipinski definition) is 3. The first-order chi connectivity index (χ1) is 8.29. The van der Waals surface area contributed by atoms with Gasteiger partial charge in [0.1, 0.15) is 0 Å². The molecule has 0 bridgehead atoms. The molecule has 3 heteroatoms. The lowest BCUT2D eigenvalue weighted by molar-refractivity contribution is 0.282. The van der Waals surface area contributed by atoms with Crippen LogP contribution in [0.5, 0.6) is 0 Å². The molecule has 90 valence electrons. The smallest absolute Gasteiger partial charge is 0.0681 e. The molecule has 0 fully saturated rings. The van der Waals surface area contributed by atoms with Gasteiger partial charge in [0.15, 0.2) is 0 Å². The summed E-state index contributed by atoms with van der Waals surface area (Å²) in [5, 5.41) is 16.7. The molecule has 0 aliphatic carbocycles. The van der Waals surface area contributed by atoms with Crippen LogP contribution in [0, 0.1) is 0 Å². The van der Waals surface area contributed by atoms with E-state index >= 15 is 0 Å². The van der Waals surface area contributed by atoms with Crippen molar-refractivity contribution < 1.29 is 5.11 Å². The van der Waals surface area contributed by atoms with E-state index in [2.05, 4.69) is 41.2 Å². The molecule has 0 amide bonds. The molecule has 1 atom stereocenters. The molecule has 0 aliphatic rings. The van der Waals surface area contributed by atoms with Crippen LogP contribution in [-0.4, -0.2) is 5.11 Å². The van der Waals surface area contributed by atoms with E-state index in [0.717, 1.165) is 12.1 Å². The van der Waals surface area contributed by atoms with Gasteiger partial charge in [0.05, 0.1) is 6.61 Å². The summed E-state index contributed by atoms with van der Waals surface area (Å²) in [6.07, 6.45) is 0. The van der Waals surface area contributed by atoms with Gasteiger partial charge in [-0.15, -0.1) is 0 Å². The van der Waals surface area contributed by atoms with Crippen molar-refractivity contribution in [2.24, 2.45) is 0 Å². The minimum Gasteiger partial charge on any atom is -0.392 e. The number of hydrogen-bond donors (Lipinski definition) is 2. The van der Waals surface area contributed by atoms with Crippen molar-refractivity contribution >= 4 is 11.3 Å². The van der Waals surface area contributed by atoms with E-state index in [1.807, 2.05) is 12.1 Å². The number of nitrogens with one attached hydrogen (secondary N) is 1. The minimum atomic E-state index is 0.110. The number of benzene rings is 1. The van der Waals surface area contributed by atoms with Crippen molar-refractivity contribution in [3.8, 4) is 0 Å². The van der Waals surface area contributed by atoms with Gasteiger partial charge < -0.3 is 10.4 Å². The molecule has 0 saturated carbocycles. The molecule has 1 aromatic carbocycles. The third-order valence-electron chi connectivity index (χ3n) is 2.86. The van der Waals surface area contributed by atoms with Crippen molar-refractivity contribution in [2.75, 3.05) is 0 Å². The average Bonchev–Trinajstić information content (AvgIpc) is 2.90. The number of rotatable bonds is 5. The highest BCUT2D eigenvalue weighted by Gasteiger charge is 2.04. The molecule has 1 aromatic heterocycles. The zero-order chi connectivity index (χ0) is 12.1. The van der Waals surface area contributed by atoms with Gasteiger partial charge in [-0.2, -0.15) is 11.3 Å². The topological polar surface area (TPSA) is 32.3 Å². The van der Waals surface area contributed by atoms with Gasteiger partial charge >= 0.3 is 0 Å². The average molecular weight is 247 g/mol. The Morgan fingerprint density at radius 1 is 1.18 bits per heavy atom. The summed E-state index contributed by atoms with van der Waals surface area (Å²) in [7, 11) is 0. The quantitative estimate of drug-likeness (QED) is 0.851. The molecular weight excluding hydrogens is 230 g/mol. The first-order valence-electron chi connectivity index (χ1n) is 5.74. The molecule has 17 heavy (non-hydrogen) atoms. The highest BCUT2D eigenvalue weighted by Crippen LogP contribution is 2.16. The van der Waals surface area contributed by atoms with E-state index < -0.39 is 0 Å². The fourth-order valence-corrected chi connectivity index (χ4v) is 2.43. The Morgan fingerprint density at radius 2 is 1.88 bits per heavy atom. The fourth-order valence-electron chi connectivity index (χ4n) is 1.67. The summed E-state index contributed by atoms with van der Waals surface area (Å²) in [6.45, 7) is 3.13. The lowest BCUT2D eigenvalue weighted by Gasteiger charge is -2.12. The molecule has 2 aromatic rings. The van der Waals surface area contributed by atoms with E-state index in [0.29, 0.717) is 6.04 Å². The van der Waals surface area contributed by atoms with Gasteiger partial charge in [-0.3, -0.25) is 0 Å². The van der Waals surface area contributed by atoms with E-state index in [1.54, 1.807) is 11.3 Å². The molecule has 1 unspecified atom stereocenters. The number of aliphatic hydroxyl groups is 1. The van der Waals surface area contributed by atoms with Crippen LogP contribution in [0.1, 0.15) is 29.7 Å². The highest BCUT2D eigenvalue weighted by atomic mass is 32.1. The first-order valence-corrected chi connectivity index (χ1v) is 6.68. The van der Waals surface area contributed by atoms with Crippen molar-refractivity contribution in [1.82, 2.24) is 5.32 Å². The van der Waals surface area contributed by atoms with Crippen LogP contribution in [0.25, 0.3) is 0 Å². The second-order valence-corrected chi connectivity index (χ2v) is 4.91. The monoisotopic (exact) mass is 247 g/mol. The predicted molar refractivity (Wildman–Crippen MR) is 71.9 cm³/mol. The van der Waals surface area contributed by atoms with Crippen LogP contribution in [0.2, 0.25) is 0 Å². The third kappa shape index (κ3) is 3.40. The highest BCUT2D eigenvalue weighted by molar-refractivity contribution is 7.07. The zero-order valence-corrected chi connectivity index (χ0v) is 10.7. The number of aliphatic hydroxyl groups excluding tert-OH is 1. The van der Waals surface area contributed by atoms with E-state index in [1.165, 1.54) is 11.1 Å². The maximum atomic E-state index is 8.96. The molecule has 2 nitrogen and oxygen atoms in total. The second kappa shape index (κ2) is 5.96. The van der Waals surface area contributed by atoms with Gasteiger partial charge in [-0.05, 0) is 40.4 Å². The Hall–Kier alpha value is -1.16. The Kier molecular flexibility index (Phi) is 4.31. The van der Waals surface area contributed by atoms with E-state index in [4.69, 9.17) is 5.11 Å². The standard InChI is InChI=1S/C14H17NOS/c1-11(14-6-7-17-10-14)15-8-12-2-4-13(9-16)5-3-12/h2-7,10-11,15-16H,8-9H2,1H3. The van der Waals surface area contributed by atoms with Crippen LogP contribution in [0.4, 0.5) is 0 Å². The van der Waals surface area contributed by atoms with Crippen molar-refractivity contribution in [2.45, 2.75) is 26.1 Å². The van der Waals surface area contributed by atoms with Crippen molar-refractivity contribution in [1.29, 1.82) is 0 Å². The normalized spacial score (nSPS) is 12.6. The predicted octanol–water partition coefficient (Wildman–Crippen LogP) is 3.09. The molecule has 2 N–H and O–H groups in total. The van der Waals surface area contributed by atoms with Crippen LogP contribution >= 0.6 is 11.3 Å². The Labute approximate surface area is 106 Å². The maximum Gasteiger partial charge on any atom is 0.0681 e. The first kappa shape index (κ1) is 12.3. The van der Waals surface area contributed by atoms with Crippen LogP contribution in [0.15, 0.2) is 41.1 Å². The summed E-state index contributed by atoms with van der Waals surface area (Å²) < 4.78 is 0. The summed E-state index contributed by atoms with van der Waals surface area (Å²) >= 11 is 1.73. The Balaban J connectivity index is 1.89. The maximum absolute atomic E-state index is 8.96. The second-order valence-electron chi connectivity index (χ2n) is 4.13. The summed E-state index contributed by atoms with van der Waals surface area (Å²) in [5.74, 6) is 0. The van der Waals surface area contributed by atoms with Crippen molar-refractivity contribution in [3.05, 3.63) is 57.8 Å².